The van der Waals surface area contributed by atoms with E-state index in [9.17, 15) is 9.59 Å². The smallest absolute Gasteiger partial charge is 0.336 e. The third-order valence-corrected chi connectivity index (χ3v) is 2.41. The topological polar surface area (TPSA) is 96.0 Å². The first-order valence-electron chi connectivity index (χ1n) is 5.21. The zero-order chi connectivity index (χ0) is 13.1. The largest absolute Gasteiger partial charge is 0.423 e. The van der Waals surface area contributed by atoms with E-state index in [2.05, 4.69) is 10.0 Å². The predicted molar refractivity (Wildman–Crippen MR) is 65.7 cm³/mol. The average Bonchev–Trinajstić information content (AvgIpc) is 2.27. The average molecular weight is 243 g/mol. The summed E-state index contributed by atoms with van der Waals surface area (Å²) in [6.07, 6.45) is 0.170. The van der Waals surface area contributed by atoms with Gasteiger partial charge in [0.15, 0.2) is 0 Å². The molecule has 0 saturated heterocycles. The van der Waals surface area contributed by atoms with Crippen molar-refractivity contribution in [3.05, 3.63) is 50.7 Å². The Bertz CT molecular complexity index is 727. The highest BCUT2D eigenvalue weighted by Gasteiger charge is 2.08. The van der Waals surface area contributed by atoms with Crippen LogP contribution in [0.4, 0.5) is 5.69 Å². The van der Waals surface area contributed by atoms with Gasteiger partial charge < -0.3 is 4.42 Å². The van der Waals surface area contributed by atoms with Crippen LogP contribution in [0.1, 0.15) is 12.5 Å². The Labute approximate surface area is 101 Å². The Morgan fingerprint density at radius 2 is 2.22 bits per heavy atom. The minimum atomic E-state index is -0.531. The van der Waals surface area contributed by atoms with Gasteiger partial charge in [0, 0.05) is 28.5 Å². The number of hydrogen-bond donors (Lipinski definition) is 0. The van der Waals surface area contributed by atoms with Crippen molar-refractivity contribution in [3.63, 3.8) is 0 Å². The lowest BCUT2D eigenvalue weighted by molar-refractivity contribution is -0.116. The molecule has 0 unspecified atom stereocenters. The number of rotatable bonds is 3. The van der Waals surface area contributed by atoms with Crippen molar-refractivity contribution >= 4 is 22.4 Å². The fraction of sp³-hybridized carbons (Fsp3) is 0.167. The standard InChI is InChI=1S/C12H9N3O3/c1-7(16)4-8-5-12(17)18-11-6-9(14-15-13)2-3-10(8)11/h2-3,5-6H,4H2,1H3. The zero-order valence-corrected chi connectivity index (χ0v) is 9.58. The lowest BCUT2D eigenvalue weighted by atomic mass is 10.1. The van der Waals surface area contributed by atoms with Gasteiger partial charge >= 0.3 is 5.63 Å². The number of carbonyl (C=O) groups is 1. The van der Waals surface area contributed by atoms with E-state index in [4.69, 9.17) is 9.95 Å². The molecule has 18 heavy (non-hydrogen) atoms. The molecule has 0 aliphatic rings. The number of benzene rings is 1. The highest BCUT2D eigenvalue weighted by molar-refractivity contribution is 5.88. The number of Topliss-reactive ketones (excluding diaryl/α,β-unsaturated/α-hetero) is 1. The van der Waals surface area contributed by atoms with Crippen LogP contribution in [-0.2, 0) is 11.2 Å². The molecule has 0 N–H and O–H groups in total. The minimum absolute atomic E-state index is 0.0407. The summed E-state index contributed by atoms with van der Waals surface area (Å²) < 4.78 is 5.02. The molecule has 0 radical (unpaired) electrons. The van der Waals surface area contributed by atoms with E-state index in [0.717, 1.165) is 0 Å². The highest BCUT2D eigenvalue weighted by atomic mass is 16.4. The molecule has 1 heterocycles. The van der Waals surface area contributed by atoms with Crippen molar-refractivity contribution in [2.24, 2.45) is 5.11 Å². The summed E-state index contributed by atoms with van der Waals surface area (Å²) in [7, 11) is 0. The fourth-order valence-corrected chi connectivity index (χ4v) is 1.75. The van der Waals surface area contributed by atoms with Gasteiger partial charge in [0.25, 0.3) is 0 Å². The highest BCUT2D eigenvalue weighted by Crippen LogP contribution is 2.23. The van der Waals surface area contributed by atoms with Crippen LogP contribution in [0.15, 0.2) is 38.6 Å². The second-order valence-corrected chi connectivity index (χ2v) is 3.84. The van der Waals surface area contributed by atoms with E-state index in [1.54, 1.807) is 12.1 Å². The molecule has 6 nitrogen and oxygen atoms in total. The Hall–Kier alpha value is -2.59. The van der Waals surface area contributed by atoms with Crippen LogP contribution in [0.3, 0.4) is 0 Å². The van der Waals surface area contributed by atoms with Gasteiger partial charge in [-0.25, -0.2) is 4.79 Å². The molecule has 0 aliphatic carbocycles. The minimum Gasteiger partial charge on any atom is -0.423 e. The first-order valence-corrected chi connectivity index (χ1v) is 5.21. The molecule has 6 heteroatoms. The summed E-state index contributed by atoms with van der Waals surface area (Å²) in [5, 5.41) is 4.10. The van der Waals surface area contributed by atoms with Crippen molar-refractivity contribution in [1.29, 1.82) is 0 Å². The molecule has 0 atom stereocenters. The van der Waals surface area contributed by atoms with E-state index in [0.29, 0.717) is 22.2 Å². The number of ketones is 1. The van der Waals surface area contributed by atoms with Gasteiger partial charge in [-0.05, 0) is 24.1 Å². The van der Waals surface area contributed by atoms with E-state index >= 15 is 0 Å². The van der Waals surface area contributed by atoms with Crippen LogP contribution in [0, 0.1) is 0 Å². The molecule has 2 rings (SSSR count). The van der Waals surface area contributed by atoms with Gasteiger partial charge in [0.05, 0.1) is 0 Å². The molecule has 0 aliphatic heterocycles. The molecule has 0 amide bonds. The number of carbonyl (C=O) groups excluding carboxylic acids is 1. The molecule has 90 valence electrons. The summed E-state index contributed by atoms with van der Waals surface area (Å²) in [4.78, 5) is 25.2. The number of azide groups is 1. The monoisotopic (exact) mass is 243 g/mol. The first kappa shape index (κ1) is 11.9. The third-order valence-electron chi connectivity index (χ3n) is 2.41. The third kappa shape index (κ3) is 2.39. The van der Waals surface area contributed by atoms with Gasteiger partial charge in [-0.2, -0.15) is 0 Å². The van der Waals surface area contributed by atoms with E-state index in [-0.39, 0.29) is 12.2 Å². The molecule has 2 aromatic rings. The Morgan fingerprint density at radius 1 is 1.44 bits per heavy atom. The Kier molecular flexibility index (Phi) is 3.12. The van der Waals surface area contributed by atoms with E-state index < -0.39 is 5.63 Å². The summed E-state index contributed by atoms with van der Waals surface area (Å²) in [5.41, 5.74) is 9.09. The van der Waals surface area contributed by atoms with Crippen LogP contribution >= 0.6 is 0 Å². The van der Waals surface area contributed by atoms with Gasteiger partial charge in [0.1, 0.15) is 11.4 Å². The molecule has 1 aromatic carbocycles. The van der Waals surface area contributed by atoms with E-state index in [1.807, 2.05) is 0 Å². The molecule has 0 fully saturated rings. The second kappa shape index (κ2) is 4.73. The second-order valence-electron chi connectivity index (χ2n) is 3.84. The maximum Gasteiger partial charge on any atom is 0.336 e. The quantitative estimate of drug-likeness (QED) is 0.358. The summed E-state index contributed by atoms with van der Waals surface area (Å²) in [6.45, 7) is 1.45. The molecular formula is C12H9N3O3. The lowest BCUT2D eigenvalue weighted by Gasteiger charge is -2.03. The predicted octanol–water partition coefficient (Wildman–Crippen LogP) is 2.87. The van der Waals surface area contributed by atoms with E-state index in [1.165, 1.54) is 19.1 Å². The lowest BCUT2D eigenvalue weighted by Crippen LogP contribution is -2.04. The maximum absolute atomic E-state index is 11.4. The van der Waals surface area contributed by atoms with Crippen LogP contribution in [0.2, 0.25) is 0 Å². The summed E-state index contributed by atoms with van der Waals surface area (Å²) in [6, 6.07) is 6.04. The van der Waals surface area contributed by atoms with Gasteiger partial charge in [-0.1, -0.05) is 17.2 Å². The fourth-order valence-electron chi connectivity index (χ4n) is 1.75. The summed E-state index contributed by atoms with van der Waals surface area (Å²) >= 11 is 0. The SMILES string of the molecule is CC(=O)Cc1cc(=O)oc2cc(N=[N+]=[N-])ccc12. The van der Waals surface area contributed by atoms with Gasteiger partial charge in [0.2, 0.25) is 0 Å². The number of hydrogen-bond acceptors (Lipinski definition) is 4. The van der Waals surface area contributed by atoms with Gasteiger partial charge in [-0.3, -0.25) is 4.79 Å². The van der Waals surface area contributed by atoms with Gasteiger partial charge in [-0.15, -0.1) is 0 Å². The van der Waals surface area contributed by atoms with Crippen LogP contribution in [-0.4, -0.2) is 5.78 Å². The van der Waals surface area contributed by atoms with Crippen LogP contribution in [0.25, 0.3) is 21.4 Å². The molecule has 0 bridgehead atoms. The van der Waals surface area contributed by atoms with Crippen molar-refractivity contribution in [2.75, 3.05) is 0 Å². The number of nitrogens with zero attached hydrogens (tertiary/aromatic N) is 3. The summed E-state index contributed by atoms with van der Waals surface area (Å²) in [5.74, 6) is -0.0407. The van der Waals surface area contributed by atoms with Crippen molar-refractivity contribution < 1.29 is 9.21 Å². The van der Waals surface area contributed by atoms with Crippen LogP contribution in [0.5, 0.6) is 0 Å². The Balaban J connectivity index is 2.69. The molecule has 0 saturated carbocycles. The normalized spacial score (nSPS) is 10.1. The van der Waals surface area contributed by atoms with Crippen LogP contribution < -0.4 is 5.63 Å². The Morgan fingerprint density at radius 3 is 2.89 bits per heavy atom. The zero-order valence-electron chi connectivity index (χ0n) is 9.58. The first-order chi connectivity index (χ1) is 8.60. The molecule has 0 spiro atoms. The van der Waals surface area contributed by atoms with Crippen molar-refractivity contribution in [2.45, 2.75) is 13.3 Å². The molecular weight excluding hydrogens is 234 g/mol. The van der Waals surface area contributed by atoms with Crippen molar-refractivity contribution in [3.8, 4) is 0 Å². The maximum atomic E-state index is 11.4. The van der Waals surface area contributed by atoms with Crippen molar-refractivity contribution in [1.82, 2.24) is 0 Å². The molecule has 1 aromatic heterocycles. The number of fused-ring (bicyclic) bond motifs is 1.